The van der Waals surface area contributed by atoms with Gasteiger partial charge in [-0.15, -0.1) is 0 Å². The maximum absolute atomic E-state index is 14.7. The van der Waals surface area contributed by atoms with Crippen molar-refractivity contribution in [3.8, 4) is 40.2 Å². The first kappa shape index (κ1) is 35.0. The second-order valence-electron chi connectivity index (χ2n) is 15.3. The summed E-state index contributed by atoms with van der Waals surface area (Å²) in [4.78, 5) is 31.8. The Morgan fingerprint density at radius 1 is 1.00 bits per heavy atom. The van der Waals surface area contributed by atoms with E-state index in [1.54, 1.807) is 12.1 Å². The van der Waals surface area contributed by atoms with Crippen LogP contribution in [-0.2, 0) is 32.7 Å². The molecule has 1 spiro atoms. The Balaban J connectivity index is 1.32. The topological polar surface area (TPSA) is 169 Å². The van der Waals surface area contributed by atoms with Crippen molar-refractivity contribution in [2.75, 3.05) is 41.2 Å². The van der Waals surface area contributed by atoms with E-state index in [0.717, 1.165) is 22.3 Å². The Morgan fingerprint density at radius 3 is 2.52 bits per heavy atom. The molecule has 4 bridgehead atoms. The third-order valence-corrected chi connectivity index (χ3v) is 12.8. The number of likely N-dealkylation sites (N-methyl/N-ethyl adjacent to an activating group) is 1. The van der Waals surface area contributed by atoms with Crippen molar-refractivity contribution < 1.29 is 53.3 Å². The molecule has 0 aliphatic carbocycles. The molecule has 4 N–H and O–H groups in total. The third kappa shape index (κ3) is 4.66. The highest BCUT2D eigenvalue weighted by atomic mass is 16.7. The molecule has 7 heterocycles. The Bertz CT molecular complexity index is 2120. The van der Waals surface area contributed by atoms with Crippen LogP contribution >= 0.6 is 0 Å². The Hall–Kier alpha value is -4.76. The molecule has 7 aliphatic heterocycles. The van der Waals surface area contributed by atoms with Gasteiger partial charge in [0.05, 0.1) is 32.3 Å². The molecule has 3 aromatic rings. The minimum absolute atomic E-state index is 0.0158. The van der Waals surface area contributed by atoms with Crippen LogP contribution in [-0.4, -0.2) is 96.6 Å². The minimum atomic E-state index is -1.32. The number of carbonyl (C=O) groups excluding carboxylic acids is 2. The zero-order valence-electron chi connectivity index (χ0n) is 31.1. The van der Waals surface area contributed by atoms with Gasteiger partial charge in [0.1, 0.15) is 24.1 Å². The fourth-order valence-electron chi connectivity index (χ4n) is 10.6. The second kappa shape index (κ2) is 12.4. The summed E-state index contributed by atoms with van der Waals surface area (Å²) >= 11 is 0. The fraction of sp³-hybridized carbons (Fsp3) is 0.500. The van der Waals surface area contributed by atoms with Gasteiger partial charge in [-0.05, 0) is 81.0 Å². The van der Waals surface area contributed by atoms with Crippen molar-refractivity contribution in [3.63, 3.8) is 0 Å². The van der Waals surface area contributed by atoms with Crippen LogP contribution in [0.4, 0.5) is 0 Å². The molecule has 7 atom stereocenters. The summed E-state index contributed by atoms with van der Waals surface area (Å²) in [5.41, 5.74) is 4.53. The standard InChI is InChI=1S/C40H45N3O11/c1-17-11-21-12-24-38(47)43-25-15-51-39(48)40(23-14-27(49-5)26(45)13-20(23)8-10-41-40)9-7-22(31(43)32(42(24)4)28(21)33(46)34(17)50-6)29-30(25)37-36(52-16-53-37)18(2)35(29)54-19(3)44/h11,13-14,22,24-25,31-32,38,41,45-47H,7-10,12,15-16H2,1-6H3/t22-,24+,25+,31+,32-,38+,40-/m1/s1. The number of ether oxygens (including phenoxy) is 6. The van der Waals surface area contributed by atoms with Crippen LogP contribution in [0.15, 0.2) is 18.2 Å². The van der Waals surface area contributed by atoms with Crippen molar-refractivity contribution in [3.05, 3.63) is 62.7 Å². The number of nitrogens with one attached hydrogen (secondary N) is 1. The highest BCUT2D eigenvalue weighted by molar-refractivity contribution is 5.84. The molecule has 54 heavy (non-hydrogen) atoms. The van der Waals surface area contributed by atoms with E-state index in [9.17, 15) is 24.9 Å². The molecule has 3 aromatic carbocycles. The zero-order chi connectivity index (χ0) is 38.0. The second-order valence-corrected chi connectivity index (χ2v) is 15.3. The highest BCUT2D eigenvalue weighted by Gasteiger charge is 2.61. The first-order valence-corrected chi connectivity index (χ1v) is 18.5. The Kier molecular flexibility index (Phi) is 8.02. The van der Waals surface area contributed by atoms with Gasteiger partial charge in [0, 0.05) is 47.7 Å². The Morgan fingerprint density at radius 2 is 1.78 bits per heavy atom. The van der Waals surface area contributed by atoms with Crippen molar-refractivity contribution in [2.24, 2.45) is 0 Å². The van der Waals surface area contributed by atoms with E-state index in [1.807, 2.05) is 31.9 Å². The number of aliphatic hydroxyl groups is 1. The zero-order valence-corrected chi connectivity index (χ0v) is 31.1. The minimum Gasteiger partial charge on any atom is -0.504 e. The average molecular weight is 744 g/mol. The van der Waals surface area contributed by atoms with Crippen molar-refractivity contribution in [2.45, 2.75) is 88.3 Å². The number of rotatable bonds is 3. The molecule has 7 aliphatic rings. The summed E-state index contributed by atoms with van der Waals surface area (Å²) in [5, 5.41) is 38.8. The number of fused-ring (bicyclic) bond motifs is 9. The molecule has 10 rings (SSSR count). The van der Waals surface area contributed by atoms with Gasteiger partial charge in [-0.25, -0.2) is 4.79 Å². The van der Waals surface area contributed by atoms with Gasteiger partial charge in [0.15, 0.2) is 34.5 Å². The van der Waals surface area contributed by atoms with E-state index < -0.39 is 47.7 Å². The van der Waals surface area contributed by atoms with Crippen molar-refractivity contribution >= 4 is 11.9 Å². The van der Waals surface area contributed by atoms with Gasteiger partial charge in [-0.3, -0.25) is 19.9 Å². The van der Waals surface area contributed by atoms with Crippen LogP contribution in [0.5, 0.6) is 40.2 Å². The van der Waals surface area contributed by atoms with E-state index >= 15 is 0 Å². The maximum Gasteiger partial charge on any atom is 0.331 e. The molecule has 2 saturated heterocycles. The molecule has 0 aromatic heterocycles. The van der Waals surface area contributed by atoms with E-state index in [0.29, 0.717) is 71.1 Å². The summed E-state index contributed by atoms with van der Waals surface area (Å²) in [7, 11) is 4.97. The van der Waals surface area contributed by atoms with Crippen molar-refractivity contribution in [1.82, 2.24) is 15.1 Å². The third-order valence-electron chi connectivity index (χ3n) is 12.8. The molecular weight excluding hydrogens is 698 g/mol. The summed E-state index contributed by atoms with van der Waals surface area (Å²) in [6.07, 6.45) is 0.561. The van der Waals surface area contributed by atoms with Gasteiger partial charge in [-0.1, -0.05) is 6.07 Å². The van der Waals surface area contributed by atoms with E-state index in [2.05, 4.69) is 10.2 Å². The SMILES string of the molecule is COc1cc2c(cc1O)CCN[C@]21CC[C@@H]2c3c(OC(C)=O)c(C)c4c(c3[C@H](COC1=O)N1[C@@H]2[C@H]2c3c(cc(C)c(OC)c3O)C[C@@H]([C@@H]1O)N2C)OCO4. The number of aliphatic hydroxyl groups excluding tert-OH is 1. The molecule has 0 unspecified atom stereocenters. The van der Waals surface area contributed by atoms with Gasteiger partial charge in [-0.2, -0.15) is 0 Å². The summed E-state index contributed by atoms with van der Waals surface area (Å²) in [5.74, 6) is 0.405. The normalized spacial score (nSPS) is 29.4. The molecule has 0 saturated carbocycles. The lowest BCUT2D eigenvalue weighted by Gasteiger charge is -2.62. The number of nitrogens with zero attached hydrogens (tertiary/aromatic N) is 2. The van der Waals surface area contributed by atoms with E-state index in [-0.39, 0.29) is 43.1 Å². The number of hydrogen-bond acceptors (Lipinski definition) is 14. The molecule has 14 nitrogen and oxygen atoms in total. The molecule has 2 fully saturated rings. The largest absolute Gasteiger partial charge is 0.504 e. The number of benzene rings is 3. The number of aryl methyl sites for hydroxylation is 1. The van der Waals surface area contributed by atoms with Gasteiger partial charge >= 0.3 is 11.9 Å². The van der Waals surface area contributed by atoms with Crippen LogP contribution in [0, 0.1) is 13.8 Å². The smallest absolute Gasteiger partial charge is 0.331 e. The molecule has 286 valence electrons. The van der Waals surface area contributed by atoms with E-state index in [1.165, 1.54) is 21.1 Å². The monoisotopic (exact) mass is 743 g/mol. The van der Waals surface area contributed by atoms with Crippen LogP contribution in [0.2, 0.25) is 0 Å². The first-order chi connectivity index (χ1) is 25.9. The lowest BCUT2D eigenvalue weighted by molar-refractivity contribution is -0.194. The number of methoxy groups -OCH3 is 2. The predicted octanol–water partition coefficient (Wildman–Crippen LogP) is 3.50. The highest BCUT2D eigenvalue weighted by Crippen LogP contribution is 2.63. The number of piperazine rings is 1. The fourth-order valence-corrected chi connectivity index (χ4v) is 10.6. The average Bonchev–Trinajstić information content (AvgIpc) is 3.63. The number of aromatic hydroxyl groups is 2. The summed E-state index contributed by atoms with van der Waals surface area (Å²) < 4.78 is 36.0. The number of esters is 2. The molecular formula is C40H45N3O11. The molecule has 0 amide bonds. The quantitative estimate of drug-likeness (QED) is 0.227. The Labute approximate surface area is 312 Å². The lowest BCUT2D eigenvalue weighted by Crippen LogP contribution is -2.70. The van der Waals surface area contributed by atoms with Crippen LogP contribution in [0.3, 0.4) is 0 Å². The number of carbonyl (C=O) groups is 2. The predicted molar refractivity (Wildman–Crippen MR) is 191 cm³/mol. The first-order valence-electron chi connectivity index (χ1n) is 18.5. The van der Waals surface area contributed by atoms with Gasteiger partial charge < -0.3 is 43.7 Å². The molecule has 0 radical (unpaired) electrons. The number of phenolic OH excluding ortho intramolecular Hbond substituents is 2. The van der Waals surface area contributed by atoms with Crippen LogP contribution < -0.4 is 29.0 Å². The number of phenols is 2. The van der Waals surface area contributed by atoms with E-state index in [4.69, 9.17) is 28.4 Å². The van der Waals surface area contributed by atoms with Gasteiger partial charge in [0.2, 0.25) is 6.79 Å². The lowest BCUT2D eigenvalue weighted by atomic mass is 9.66. The maximum atomic E-state index is 14.7. The summed E-state index contributed by atoms with van der Waals surface area (Å²) in [6, 6.07) is 3.24. The number of hydrogen-bond donors (Lipinski definition) is 4. The van der Waals surface area contributed by atoms with Gasteiger partial charge in [0.25, 0.3) is 0 Å². The van der Waals surface area contributed by atoms with Crippen molar-refractivity contribution in [1.29, 1.82) is 0 Å². The molecule has 14 heteroatoms. The van der Waals surface area contributed by atoms with Crippen LogP contribution in [0.1, 0.15) is 82.3 Å². The summed E-state index contributed by atoms with van der Waals surface area (Å²) in [6.45, 7) is 5.31. The van der Waals surface area contributed by atoms with Crippen LogP contribution in [0.25, 0.3) is 0 Å².